The van der Waals surface area contributed by atoms with Crippen LogP contribution in [-0.2, 0) is 19.4 Å². The van der Waals surface area contributed by atoms with Gasteiger partial charge in [0.2, 0.25) is 0 Å². The number of fused-ring (bicyclic) bond motifs is 1. The predicted octanol–water partition coefficient (Wildman–Crippen LogP) is 4.92. The lowest BCUT2D eigenvalue weighted by molar-refractivity contribution is 0.0948. The van der Waals surface area contributed by atoms with Crippen LogP contribution in [0.25, 0.3) is 0 Å². The summed E-state index contributed by atoms with van der Waals surface area (Å²) in [5.41, 5.74) is 2.61. The third kappa shape index (κ3) is 4.26. The average Bonchev–Trinajstić information content (AvgIpc) is 3.43. The molecule has 30 heavy (non-hydrogen) atoms. The van der Waals surface area contributed by atoms with Crippen molar-refractivity contribution in [2.45, 2.75) is 32.2 Å². The van der Waals surface area contributed by atoms with Gasteiger partial charge in [-0.15, -0.1) is 11.3 Å². The Kier molecular flexibility index (Phi) is 6.18. The SMILES string of the molecule is COc1ccc(OC)c(/C=N\c2sc3c(c2C(=O)NCc2ccco2)CCCC3)c1. The van der Waals surface area contributed by atoms with Gasteiger partial charge in [0, 0.05) is 16.7 Å². The zero-order valence-electron chi connectivity index (χ0n) is 17.1. The van der Waals surface area contributed by atoms with Crippen molar-refractivity contribution in [1.29, 1.82) is 0 Å². The maximum absolute atomic E-state index is 13.1. The number of aliphatic imine (C=N–C) groups is 1. The first-order chi connectivity index (χ1) is 14.7. The number of hydrogen-bond acceptors (Lipinski definition) is 6. The summed E-state index contributed by atoms with van der Waals surface area (Å²) in [7, 11) is 3.24. The number of benzene rings is 1. The Morgan fingerprint density at radius 2 is 2.10 bits per heavy atom. The number of carbonyl (C=O) groups is 1. The number of aryl methyl sites for hydroxylation is 1. The molecule has 1 aliphatic rings. The number of rotatable bonds is 7. The van der Waals surface area contributed by atoms with Gasteiger partial charge in [-0.1, -0.05) is 0 Å². The van der Waals surface area contributed by atoms with Crippen molar-refractivity contribution in [1.82, 2.24) is 5.32 Å². The Morgan fingerprint density at radius 1 is 1.23 bits per heavy atom. The van der Waals surface area contributed by atoms with Crippen LogP contribution in [0.3, 0.4) is 0 Å². The molecule has 2 heterocycles. The first-order valence-electron chi connectivity index (χ1n) is 9.91. The Balaban J connectivity index is 1.65. The van der Waals surface area contributed by atoms with Crippen LogP contribution in [-0.4, -0.2) is 26.3 Å². The number of ether oxygens (including phenoxy) is 2. The first kappa shape index (κ1) is 20.2. The van der Waals surface area contributed by atoms with Gasteiger partial charge in [-0.25, -0.2) is 4.99 Å². The van der Waals surface area contributed by atoms with Gasteiger partial charge in [0.05, 0.1) is 32.6 Å². The second-order valence-corrected chi connectivity index (χ2v) is 8.10. The van der Waals surface area contributed by atoms with E-state index in [2.05, 4.69) is 5.32 Å². The highest BCUT2D eigenvalue weighted by Crippen LogP contribution is 2.40. The highest BCUT2D eigenvalue weighted by Gasteiger charge is 2.25. The molecule has 0 bridgehead atoms. The monoisotopic (exact) mass is 424 g/mol. The lowest BCUT2D eigenvalue weighted by Crippen LogP contribution is -2.23. The summed E-state index contributed by atoms with van der Waals surface area (Å²) in [5.74, 6) is 2.03. The maximum Gasteiger partial charge on any atom is 0.255 e. The Labute approximate surface area is 179 Å². The summed E-state index contributed by atoms with van der Waals surface area (Å²) in [5, 5.41) is 3.70. The fourth-order valence-corrected chi connectivity index (χ4v) is 4.84. The van der Waals surface area contributed by atoms with Gasteiger partial charge in [-0.2, -0.15) is 0 Å². The molecule has 0 atom stereocenters. The summed E-state index contributed by atoms with van der Waals surface area (Å²) < 4.78 is 16.1. The third-order valence-electron chi connectivity index (χ3n) is 5.14. The molecule has 1 aromatic carbocycles. The molecule has 0 unspecified atom stereocenters. The highest BCUT2D eigenvalue weighted by atomic mass is 32.1. The van der Waals surface area contributed by atoms with Crippen LogP contribution in [0.5, 0.6) is 11.5 Å². The van der Waals surface area contributed by atoms with E-state index in [0.717, 1.165) is 53.3 Å². The summed E-state index contributed by atoms with van der Waals surface area (Å²) in [4.78, 5) is 19.0. The number of methoxy groups -OCH3 is 2. The second kappa shape index (κ2) is 9.17. The first-order valence-corrected chi connectivity index (χ1v) is 10.7. The van der Waals surface area contributed by atoms with E-state index in [1.165, 1.54) is 4.88 Å². The number of hydrogen-bond donors (Lipinski definition) is 1. The van der Waals surface area contributed by atoms with E-state index in [4.69, 9.17) is 18.9 Å². The van der Waals surface area contributed by atoms with Crippen LogP contribution >= 0.6 is 11.3 Å². The predicted molar refractivity (Wildman–Crippen MR) is 118 cm³/mol. The molecule has 1 N–H and O–H groups in total. The molecular formula is C23H24N2O4S. The van der Waals surface area contributed by atoms with Crippen LogP contribution in [0.4, 0.5) is 5.00 Å². The van der Waals surface area contributed by atoms with Gasteiger partial charge in [0.15, 0.2) is 0 Å². The molecule has 0 saturated carbocycles. The molecule has 0 radical (unpaired) electrons. The van der Waals surface area contributed by atoms with Gasteiger partial charge in [-0.05, 0) is 61.6 Å². The number of nitrogens with zero attached hydrogens (tertiary/aromatic N) is 1. The topological polar surface area (TPSA) is 73.1 Å². The molecule has 1 aliphatic carbocycles. The number of thiophene rings is 1. The van der Waals surface area contributed by atoms with Crippen molar-refractivity contribution >= 4 is 28.5 Å². The molecule has 0 saturated heterocycles. The van der Waals surface area contributed by atoms with Crippen molar-refractivity contribution < 1.29 is 18.7 Å². The van der Waals surface area contributed by atoms with Crippen molar-refractivity contribution in [2.24, 2.45) is 4.99 Å². The van der Waals surface area contributed by atoms with E-state index >= 15 is 0 Å². The fourth-order valence-electron chi connectivity index (χ4n) is 3.61. The Morgan fingerprint density at radius 3 is 2.87 bits per heavy atom. The van der Waals surface area contributed by atoms with Gasteiger partial charge >= 0.3 is 0 Å². The molecule has 0 fully saturated rings. The van der Waals surface area contributed by atoms with E-state index in [1.54, 1.807) is 38.0 Å². The standard InChI is InChI=1S/C23H24N2O4S/c1-27-16-9-10-19(28-2)15(12-16)13-25-23-21(18-7-3-4-8-20(18)30-23)22(26)24-14-17-6-5-11-29-17/h5-6,9-13H,3-4,7-8,14H2,1-2H3,(H,24,26)/b25-13-. The van der Waals surface area contributed by atoms with Crippen LogP contribution in [0.15, 0.2) is 46.0 Å². The molecule has 0 spiro atoms. The molecule has 7 heteroatoms. The van der Waals surface area contributed by atoms with E-state index in [1.807, 2.05) is 30.3 Å². The van der Waals surface area contributed by atoms with Gasteiger partial charge < -0.3 is 19.2 Å². The smallest absolute Gasteiger partial charge is 0.255 e. The van der Waals surface area contributed by atoms with Crippen molar-refractivity contribution in [3.05, 3.63) is 63.9 Å². The maximum atomic E-state index is 13.1. The lowest BCUT2D eigenvalue weighted by Gasteiger charge is -2.12. The van der Waals surface area contributed by atoms with Crippen LogP contribution in [0, 0.1) is 0 Å². The fraction of sp³-hybridized carbons (Fsp3) is 0.304. The van der Waals surface area contributed by atoms with Gasteiger partial charge in [0.25, 0.3) is 5.91 Å². The average molecular weight is 425 g/mol. The Bertz CT molecular complexity index is 1050. The zero-order valence-corrected chi connectivity index (χ0v) is 17.9. The van der Waals surface area contributed by atoms with E-state index in [9.17, 15) is 4.79 Å². The summed E-state index contributed by atoms with van der Waals surface area (Å²) in [6.45, 7) is 0.351. The molecule has 6 nitrogen and oxygen atoms in total. The second-order valence-electron chi connectivity index (χ2n) is 7.02. The van der Waals surface area contributed by atoms with Crippen LogP contribution in [0.1, 0.15) is 45.0 Å². The molecule has 156 valence electrons. The molecule has 3 aromatic rings. The highest BCUT2D eigenvalue weighted by molar-refractivity contribution is 7.16. The lowest BCUT2D eigenvalue weighted by atomic mass is 9.95. The summed E-state index contributed by atoms with van der Waals surface area (Å²) >= 11 is 1.60. The molecule has 0 aliphatic heterocycles. The van der Waals surface area contributed by atoms with Crippen molar-refractivity contribution in [3.8, 4) is 11.5 Å². The van der Waals surface area contributed by atoms with Crippen molar-refractivity contribution in [3.63, 3.8) is 0 Å². The minimum Gasteiger partial charge on any atom is -0.497 e. The van der Waals surface area contributed by atoms with E-state index in [-0.39, 0.29) is 5.91 Å². The van der Waals surface area contributed by atoms with Crippen LogP contribution in [0.2, 0.25) is 0 Å². The van der Waals surface area contributed by atoms with Gasteiger partial charge in [-0.3, -0.25) is 4.79 Å². The van der Waals surface area contributed by atoms with E-state index < -0.39 is 0 Å². The summed E-state index contributed by atoms with van der Waals surface area (Å²) in [6, 6.07) is 9.21. The minimum absolute atomic E-state index is 0.115. The molecular weight excluding hydrogens is 400 g/mol. The number of furan rings is 1. The minimum atomic E-state index is -0.115. The quantitative estimate of drug-likeness (QED) is 0.547. The Hall–Kier alpha value is -3.06. The number of amides is 1. The van der Waals surface area contributed by atoms with Crippen molar-refractivity contribution in [2.75, 3.05) is 14.2 Å². The molecule has 1 amide bonds. The number of nitrogens with one attached hydrogen (secondary N) is 1. The van der Waals surface area contributed by atoms with Crippen LogP contribution < -0.4 is 14.8 Å². The summed E-state index contributed by atoms with van der Waals surface area (Å²) in [6.07, 6.45) is 7.49. The van der Waals surface area contributed by atoms with E-state index in [0.29, 0.717) is 17.9 Å². The number of carbonyl (C=O) groups excluding carboxylic acids is 1. The molecule has 4 rings (SSSR count). The molecule has 2 aromatic heterocycles. The third-order valence-corrected chi connectivity index (χ3v) is 6.34. The zero-order chi connectivity index (χ0) is 20.9. The normalized spacial score (nSPS) is 13.3. The largest absolute Gasteiger partial charge is 0.497 e. The van der Waals surface area contributed by atoms with Gasteiger partial charge in [0.1, 0.15) is 22.3 Å².